The van der Waals surface area contributed by atoms with Crippen molar-refractivity contribution in [2.45, 2.75) is 43.9 Å². The van der Waals surface area contributed by atoms with Crippen LogP contribution in [0.15, 0.2) is 55.1 Å². The maximum atomic E-state index is 15.1. The van der Waals surface area contributed by atoms with Crippen LogP contribution in [0.2, 0.25) is 0 Å². The summed E-state index contributed by atoms with van der Waals surface area (Å²) in [4.78, 5) is 28.2. The SMILES string of the molecule is COC[C@@H]1CC(c2nc(C#Cc3cc4ncn(C5CC5)c4cc3F)c3c(N)ncnn23)CN1C(=O)OCc1ccccc1. The summed E-state index contributed by atoms with van der Waals surface area (Å²) in [5.74, 6) is 6.05. The summed E-state index contributed by atoms with van der Waals surface area (Å²) in [5.41, 5.74) is 9.56. The lowest BCUT2D eigenvalue weighted by Crippen LogP contribution is -2.38. The van der Waals surface area contributed by atoms with E-state index in [4.69, 9.17) is 20.2 Å². The Morgan fingerprint density at radius 1 is 1.16 bits per heavy atom. The van der Waals surface area contributed by atoms with Crippen LogP contribution in [0.25, 0.3) is 16.6 Å². The van der Waals surface area contributed by atoms with E-state index in [1.165, 1.54) is 12.4 Å². The van der Waals surface area contributed by atoms with Gasteiger partial charge in [0.05, 0.1) is 35.6 Å². The maximum Gasteiger partial charge on any atom is 0.410 e. The van der Waals surface area contributed by atoms with Crippen molar-refractivity contribution in [2.75, 3.05) is 26.0 Å². The molecule has 1 saturated carbocycles. The summed E-state index contributed by atoms with van der Waals surface area (Å²) in [6.45, 7) is 0.842. The molecule has 2 N–H and O–H groups in total. The first-order valence-electron chi connectivity index (χ1n) is 14.1. The number of anilines is 1. The van der Waals surface area contributed by atoms with Gasteiger partial charge in [0.1, 0.15) is 35.8 Å². The molecule has 2 fully saturated rings. The van der Waals surface area contributed by atoms with Gasteiger partial charge in [-0.3, -0.25) is 0 Å². The number of carbonyl (C=O) groups excluding carboxylic acids is 1. The molecule has 5 aromatic rings. The molecule has 12 heteroatoms. The number of ether oxygens (including phenoxy) is 2. The third-order valence-electron chi connectivity index (χ3n) is 7.98. The Kier molecular flexibility index (Phi) is 6.87. The van der Waals surface area contributed by atoms with Crippen molar-refractivity contribution in [3.63, 3.8) is 0 Å². The number of rotatable bonds is 6. The van der Waals surface area contributed by atoms with Crippen LogP contribution in [-0.2, 0) is 16.1 Å². The molecule has 1 unspecified atom stereocenters. The summed E-state index contributed by atoms with van der Waals surface area (Å²) >= 11 is 0. The fraction of sp³-hybridized carbons (Fsp3) is 0.323. The number of imidazole rings is 2. The number of amides is 1. The largest absolute Gasteiger partial charge is 0.445 e. The van der Waals surface area contributed by atoms with E-state index in [2.05, 4.69) is 26.9 Å². The Morgan fingerprint density at radius 2 is 2.00 bits per heavy atom. The predicted octanol–water partition coefficient (Wildman–Crippen LogP) is 4.07. The van der Waals surface area contributed by atoms with Gasteiger partial charge in [-0.2, -0.15) is 5.10 Å². The number of hydrogen-bond donors (Lipinski definition) is 1. The Balaban J connectivity index is 1.18. The highest BCUT2D eigenvalue weighted by atomic mass is 19.1. The van der Waals surface area contributed by atoms with Crippen LogP contribution in [0.4, 0.5) is 15.0 Å². The van der Waals surface area contributed by atoms with Gasteiger partial charge in [0.2, 0.25) is 0 Å². The average Bonchev–Trinajstić information content (AvgIpc) is 3.46. The number of likely N-dealkylation sites (tertiary alicyclic amines) is 1. The zero-order valence-electron chi connectivity index (χ0n) is 23.5. The molecule has 11 nitrogen and oxygen atoms in total. The van der Waals surface area contributed by atoms with Crippen molar-refractivity contribution in [1.29, 1.82) is 0 Å². The number of halogens is 1. The highest BCUT2D eigenvalue weighted by Crippen LogP contribution is 2.37. The van der Waals surface area contributed by atoms with E-state index in [0.717, 1.165) is 23.9 Å². The highest BCUT2D eigenvalue weighted by Gasteiger charge is 2.39. The first-order chi connectivity index (χ1) is 21.0. The molecule has 3 aromatic heterocycles. The molecule has 1 aliphatic heterocycles. The molecule has 1 amide bonds. The first-order valence-corrected chi connectivity index (χ1v) is 14.1. The van der Waals surface area contributed by atoms with Crippen molar-refractivity contribution in [2.24, 2.45) is 0 Å². The van der Waals surface area contributed by atoms with E-state index < -0.39 is 11.9 Å². The molecule has 2 atom stereocenters. The van der Waals surface area contributed by atoms with E-state index >= 15 is 4.39 Å². The molecule has 2 aliphatic rings. The van der Waals surface area contributed by atoms with Crippen LogP contribution in [0, 0.1) is 17.7 Å². The fourth-order valence-electron chi connectivity index (χ4n) is 5.72. The second-order valence-electron chi connectivity index (χ2n) is 10.9. The number of carbonyl (C=O) groups is 1. The van der Waals surface area contributed by atoms with E-state index in [-0.39, 0.29) is 29.9 Å². The molecule has 1 saturated heterocycles. The summed E-state index contributed by atoms with van der Waals surface area (Å²) in [6, 6.07) is 12.8. The quantitative estimate of drug-likeness (QED) is 0.298. The third-order valence-corrected chi connectivity index (χ3v) is 7.98. The maximum absolute atomic E-state index is 15.1. The Morgan fingerprint density at radius 3 is 2.79 bits per heavy atom. The minimum Gasteiger partial charge on any atom is -0.445 e. The molecule has 1 aliphatic carbocycles. The van der Waals surface area contributed by atoms with Crippen LogP contribution in [0.5, 0.6) is 0 Å². The molecule has 0 radical (unpaired) electrons. The van der Waals surface area contributed by atoms with Gasteiger partial charge in [-0.25, -0.2) is 28.7 Å². The first kappa shape index (κ1) is 26.9. The second kappa shape index (κ2) is 11.0. The second-order valence-corrected chi connectivity index (χ2v) is 10.9. The summed E-state index contributed by atoms with van der Waals surface area (Å²) in [7, 11) is 1.60. The number of nitrogens with zero attached hydrogens (tertiary/aromatic N) is 7. The molecule has 7 rings (SSSR count). The van der Waals surface area contributed by atoms with Gasteiger partial charge in [-0.15, -0.1) is 0 Å². The normalized spacial score (nSPS) is 18.2. The number of fused-ring (bicyclic) bond motifs is 2. The van der Waals surface area contributed by atoms with Crippen molar-refractivity contribution < 1.29 is 18.7 Å². The van der Waals surface area contributed by atoms with E-state index in [1.807, 2.05) is 34.9 Å². The number of methoxy groups -OCH3 is 1. The lowest BCUT2D eigenvalue weighted by molar-refractivity contribution is 0.0699. The molecule has 218 valence electrons. The van der Waals surface area contributed by atoms with Gasteiger partial charge >= 0.3 is 6.09 Å². The molecule has 4 heterocycles. The van der Waals surface area contributed by atoms with Gasteiger partial charge in [0, 0.05) is 31.7 Å². The van der Waals surface area contributed by atoms with Gasteiger partial charge in [0.25, 0.3) is 0 Å². The molecule has 0 bridgehead atoms. The van der Waals surface area contributed by atoms with E-state index in [1.54, 1.807) is 28.9 Å². The molecule has 43 heavy (non-hydrogen) atoms. The zero-order valence-corrected chi connectivity index (χ0v) is 23.5. The Bertz CT molecular complexity index is 1890. The fourth-order valence-corrected chi connectivity index (χ4v) is 5.72. The molecule has 0 spiro atoms. The lowest BCUT2D eigenvalue weighted by atomic mass is 10.1. The number of aromatic nitrogens is 6. The van der Waals surface area contributed by atoms with Gasteiger partial charge in [-0.05, 0) is 36.8 Å². The van der Waals surface area contributed by atoms with Crippen LogP contribution in [0.3, 0.4) is 0 Å². The summed E-state index contributed by atoms with van der Waals surface area (Å²) in [5, 5.41) is 4.41. The standard InChI is InChI=1S/C31H29FN8O3/c1-42-16-23-11-21(14-38(23)31(41)43-15-19-5-3-2-4-6-19)30-37-25(28-29(33)34-17-36-40(28)30)10-7-20-12-26-27(13-24(20)32)39(18-35-26)22-8-9-22/h2-6,12-13,17-18,21-23H,8-9,11,14-16H2,1H3,(H2,33,34,36)/t21?,23-/m0/s1. The third kappa shape index (κ3) is 5.12. The molecule has 2 aromatic carbocycles. The minimum atomic E-state index is -0.432. The zero-order chi connectivity index (χ0) is 29.5. The molecular formula is C31H29FN8O3. The average molecular weight is 581 g/mol. The summed E-state index contributed by atoms with van der Waals surface area (Å²) in [6.07, 6.45) is 5.40. The van der Waals surface area contributed by atoms with Crippen LogP contribution in [-0.4, -0.2) is 66.4 Å². The van der Waals surface area contributed by atoms with Crippen molar-refractivity contribution >= 4 is 28.5 Å². The van der Waals surface area contributed by atoms with Crippen LogP contribution < -0.4 is 5.73 Å². The number of benzene rings is 2. The topological polar surface area (TPSA) is 126 Å². The van der Waals surface area contributed by atoms with Crippen LogP contribution >= 0.6 is 0 Å². The van der Waals surface area contributed by atoms with Gasteiger partial charge in [0.15, 0.2) is 5.82 Å². The minimum absolute atomic E-state index is 0.166. The van der Waals surface area contributed by atoms with Crippen molar-refractivity contribution in [1.82, 2.24) is 34.0 Å². The monoisotopic (exact) mass is 580 g/mol. The number of nitrogen functional groups attached to an aromatic ring is 1. The van der Waals surface area contributed by atoms with Gasteiger partial charge in [-0.1, -0.05) is 36.3 Å². The van der Waals surface area contributed by atoms with Crippen molar-refractivity contribution in [3.05, 3.63) is 83.6 Å². The van der Waals surface area contributed by atoms with Crippen LogP contribution in [0.1, 0.15) is 53.9 Å². The highest BCUT2D eigenvalue weighted by molar-refractivity contribution is 5.78. The smallest absolute Gasteiger partial charge is 0.410 e. The Labute approximate surface area is 246 Å². The number of hydrogen-bond acceptors (Lipinski definition) is 8. The Hall–Kier alpha value is -5.02. The molecular weight excluding hydrogens is 551 g/mol. The van der Waals surface area contributed by atoms with Gasteiger partial charge < -0.3 is 24.7 Å². The lowest BCUT2D eigenvalue weighted by Gasteiger charge is -2.23. The van der Waals surface area contributed by atoms with E-state index in [0.29, 0.717) is 48.2 Å². The van der Waals surface area contributed by atoms with E-state index in [9.17, 15) is 4.79 Å². The van der Waals surface area contributed by atoms with Crippen molar-refractivity contribution in [3.8, 4) is 11.8 Å². The summed E-state index contributed by atoms with van der Waals surface area (Å²) < 4.78 is 29.8. The predicted molar refractivity (Wildman–Crippen MR) is 155 cm³/mol. The number of nitrogens with two attached hydrogens (primary N) is 1.